The van der Waals surface area contributed by atoms with Crippen molar-refractivity contribution in [2.24, 2.45) is 0 Å². The van der Waals surface area contributed by atoms with Gasteiger partial charge in [0.1, 0.15) is 12.9 Å². The molecule has 1 aliphatic rings. The van der Waals surface area contributed by atoms with Gasteiger partial charge in [-0.3, -0.25) is 9.59 Å². The molecule has 1 aliphatic carbocycles. The summed E-state index contributed by atoms with van der Waals surface area (Å²) in [5.41, 5.74) is 1.62. The molecule has 14 heavy (non-hydrogen) atoms. The van der Waals surface area contributed by atoms with Gasteiger partial charge in [-0.1, -0.05) is 24.3 Å². The van der Waals surface area contributed by atoms with Crippen LogP contribution in [0.4, 0.5) is 0 Å². The van der Waals surface area contributed by atoms with Crippen molar-refractivity contribution in [2.75, 3.05) is 6.61 Å². The van der Waals surface area contributed by atoms with E-state index in [-0.39, 0.29) is 12.6 Å². The Hall–Kier alpha value is -1.64. The van der Waals surface area contributed by atoms with Gasteiger partial charge in [-0.15, -0.1) is 0 Å². The first-order valence-corrected chi connectivity index (χ1v) is 4.36. The third-order valence-corrected chi connectivity index (χ3v) is 1.80. The summed E-state index contributed by atoms with van der Waals surface area (Å²) in [6.45, 7) is 1.62. The molecule has 0 aromatic carbocycles. The van der Waals surface area contributed by atoms with Crippen molar-refractivity contribution in [2.45, 2.75) is 13.3 Å². The van der Waals surface area contributed by atoms with E-state index in [1.807, 2.05) is 12.2 Å². The lowest BCUT2D eigenvalue weighted by molar-refractivity contribution is -0.140. The molecule has 0 bridgehead atoms. The van der Waals surface area contributed by atoms with Crippen molar-refractivity contribution >= 4 is 12.3 Å². The van der Waals surface area contributed by atoms with Gasteiger partial charge in [-0.2, -0.15) is 0 Å². The molecule has 1 rings (SSSR count). The van der Waals surface area contributed by atoms with E-state index >= 15 is 0 Å². The molecule has 0 aliphatic heterocycles. The van der Waals surface area contributed by atoms with Crippen LogP contribution < -0.4 is 0 Å². The van der Waals surface area contributed by atoms with E-state index in [0.29, 0.717) is 12.0 Å². The minimum atomic E-state index is -0.309. The minimum Gasteiger partial charge on any atom is -0.461 e. The zero-order valence-electron chi connectivity index (χ0n) is 8.03. The topological polar surface area (TPSA) is 43.4 Å². The van der Waals surface area contributed by atoms with Crippen molar-refractivity contribution in [3.8, 4) is 0 Å². The van der Waals surface area contributed by atoms with Gasteiger partial charge in [0.05, 0.1) is 0 Å². The van der Waals surface area contributed by atoms with Crippen molar-refractivity contribution in [1.29, 1.82) is 0 Å². The second kappa shape index (κ2) is 5.17. The number of rotatable bonds is 3. The van der Waals surface area contributed by atoms with Gasteiger partial charge in [-0.25, -0.2) is 0 Å². The molecule has 0 fully saturated rings. The monoisotopic (exact) mass is 192 g/mol. The molecule has 3 heteroatoms. The summed E-state index contributed by atoms with van der Waals surface area (Å²) in [6.07, 6.45) is 8.60. The van der Waals surface area contributed by atoms with E-state index in [1.54, 1.807) is 12.2 Å². The highest BCUT2D eigenvalue weighted by atomic mass is 16.5. The molecule has 0 saturated heterocycles. The van der Waals surface area contributed by atoms with E-state index in [2.05, 4.69) is 0 Å². The maximum atomic E-state index is 10.6. The van der Waals surface area contributed by atoms with Crippen molar-refractivity contribution in [3.05, 3.63) is 35.5 Å². The number of hydrogen-bond acceptors (Lipinski definition) is 3. The molecule has 0 aromatic rings. The summed E-state index contributed by atoms with van der Waals surface area (Å²) in [4.78, 5) is 21.1. The van der Waals surface area contributed by atoms with Crippen LogP contribution in [0.1, 0.15) is 13.3 Å². The number of ether oxygens (including phenoxy) is 1. The van der Waals surface area contributed by atoms with Crippen LogP contribution in [0.2, 0.25) is 0 Å². The normalized spacial score (nSPS) is 15.2. The van der Waals surface area contributed by atoms with Crippen molar-refractivity contribution in [1.82, 2.24) is 0 Å². The Bertz CT molecular complexity index is 321. The molecule has 0 unspecified atom stereocenters. The SMILES string of the molecule is CC(=O)OCC1=CC=CC=C(C=O)C1. The second-order valence-electron chi connectivity index (χ2n) is 3.03. The van der Waals surface area contributed by atoms with E-state index in [4.69, 9.17) is 4.74 Å². The first-order chi connectivity index (χ1) is 6.72. The van der Waals surface area contributed by atoms with Crippen LogP contribution >= 0.6 is 0 Å². The molecular weight excluding hydrogens is 180 g/mol. The van der Waals surface area contributed by atoms with Crippen LogP contribution in [0.5, 0.6) is 0 Å². The third-order valence-electron chi connectivity index (χ3n) is 1.80. The first kappa shape index (κ1) is 10.4. The Balaban J connectivity index is 2.58. The number of carbonyl (C=O) groups excluding carboxylic acids is 2. The maximum Gasteiger partial charge on any atom is 0.302 e. The smallest absolute Gasteiger partial charge is 0.302 e. The number of allylic oxidation sites excluding steroid dienone is 5. The molecule has 0 radical (unpaired) electrons. The summed E-state index contributed by atoms with van der Waals surface area (Å²) in [5.74, 6) is -0.309. The second-order valence-corrected chi connectivity index (χ2v) is 3.03. The Kier molecular flexibility index (Phi) is 3.85. The van der Waals surface area contributed by atoms with Gasteiger partial charge in [0, 0.05) is 13.3 Å². The highest BCUT2D eigenvalue weighted by Gasteiger charge is 2.04. The van der Waals surface area contributed by atoms with E-state index in [0.717, 1.165) is 11.9 Å². The van der Waals surface area contributed by atoms with E-state index in [1.165, 1.54) is 6.92 Å². The first-order valence-electron chi connectivity index (χ1n) is 4.36. The lowest BCUT2D eigenvalue weighted by Gasteiger charge is -2.05. The van der Waals surface area contributed by atoms with Gasteiger partial charge >= 0.3 is 5.97 Å². The fraction of sp³-hybridized carbons (Fsp3) is 0.273. The zero-order valence-corrected chi connectivity index (χ0v) is 8.03. The van der Waals surface area contributed by atoms with Crippen LogP contribution in [0.3, 0.4) is 0 Å². The molecular formula is C11H12O3. The molecule has 0 aromatic heterocycles. The average Bonchev–Trinajstić information content (AvgIpc) is 2.39. The number of esters is 1. The largest absolute Gasteiger partial charge is 0.461 e. The van der Waals surface area contributed by atoms with Gasteiger partial charge < -0.3 is 4.74 Å². The molecule has 74 valence electrons. The van der Waals surface area contributed by atoms with Crippen LogP contribution in [0.15, 0.2) is 35.5 Å². The van der Waals surface area contributed by atoms with Gasteiger partial charge in [0.25, 0.3) is 0 Å². The Morgan fingerprint density at radius 3 is 2.86 bits per heavy atom. The van der Waals surface area contributed by atoms with Crippen LogP contribution in [0.25, 0.3) is 0 Å². The molecule has 0 spiro atoms. The average molecular weight is 192 g/mol. The molecule has 0 amide bonds. The summed E-state index contributed by atoms with van der Waals surface area (Å²) in [6, 6.07) is 0. The van der Waals surface area contributed by atoms with E-state index in [9.17, 15) is 9.59 Å². The highest BCUT2D eigenvalue weighted by molar-refractivity contribution is 5.75. The van der Waals surface area contributed by atoms with Crippen LogP contribution in [-0.2, 0) is 14.3 Å². The van der Waals surface area contributed by atoms with Crippen molar-refractivity contribution in [3.63, 3.8) is 0 Å². The lowest BCUT2D eigenvalue weighted by Crippen LogP contribution is -2.04. The fourth-order valence-corrected chi connectivity index (χ4v) is 1.13. The lowest BCUT2D eigenvalue weighted by atomic mass is 10.1. The summed E-state index contributed by atoms with van der Waals surface area (Å²) in [7, 11) is 0. The minimum absolute atomic E-state index is 0.255. The maximum absolute atomic E-state index is 10.6. The standard InChI is InChI=1S/C11H12O3/c1-9(13)14-8-11-5-3-2-4-10(6-11)7-12/h2-5,7H,6,8H2,1H3. The molecule has 0 atom stereocenters. The number of aldehydes is 1. The number of hydrogen-bond donors (Lipinski definition) is 0. The predicted octanol–water partition coefficient (Wildman–Crippen LogP) is 1.56. The Labute approximate surface area is 82.8 Å². The van der Waals surface area contributed by atoms with Gasteiger partial charge in [0.2, 0.25) is 0 Å². The molecule has 0 heterocycles. The van der Waals surface area contributed by atoms with Gasteiger partial charge in [0.15, 0.2) is 0 Å². The van der Waals surface area contributed by atoms with E-state index < -0.39 is 0 Å². The summed E-state index contributed by atoms with van der Waals surface area (Å²) in [5, 5.41) is 0. The molecule has 0 saturated carbocycles. The molecule has 3 nitrogen and oxygen atoms in total. The Morgan fingerprint density at radius 1 is 1.50 bits per heavy atom. The van der Waals surface area contributed by atoms with Crippen molar-refractivity contribution < 1.29 is 14.3 Å². The van der Waals surface area contributed by atoms with Crippen LogP contribution in [0, 0.1) is 0 Å². The molecule has 0 N–H and O–H groups in total. The summed E-state index contributed by atoms with van der Waals surface area (Å²) < 4.78 is 4.85. The quantitative estimate of drug-likeness (QED) is 0.503. The Morgan fingerprint density at radius 2 is 2.21 bits per heavy atom. The third kappa shape index (κ3) is 3.39. The highest BCUT2D eigenvalue weighted by Crippen LogP contribution is 2.13. The number of carbonyl (C=O) groups is 2. The van der Waals surface area contributed by atoms with Crippen LogP contribution in [-0.4, -0.2) is 18.9 Å². The zero-order chi connectivity index (χ0) is 10.4. The fourth-order valence-electron chi connectivity index (χ4n) is 1.13. The van der Waals surface area contributed by atoms with Gasteiger partial charge in [-0.05, 0) is 11.1 Å². The predicted molar refractivity (Wildman–Crippen MR) is 52.6 cm³/mol. The summed E-state index contributed by atoms with van der Waals surface area (Å²) >= 11 is 0.